The molecule has 1 aromatic rings. The zero-order valence-corrected chi connectivity index (χ0v) is 10.0. The smallest absolute Gasteiger partial charge is 0.257 e. The van der Waals surface area contributed by atoms with Crippen LogP contribution in [0.2, 0.25) is 0 Å². The number of rotatable bonds is 3. The predicted octanol–water partition coefficient (Wildman–Crippen LogP) is 0.367. The second kappa shape index (κ2) is 5.28. The van der Waals surface area contributed by atoms with E-state index >= 15 is 0 Å². The summed E-state index contributed by atoms with van der Waals surface area (Å²) in [6.07, 6.45) is 2.12. The SMILES string of the molecule is COC1CCN(C(=O)c2ccnc(NN)c2F)C1. The van der Waals surface area contributed by atoms with Gasteiger partial charge < -0.3 is 15.1 Å². The van der Waals surface area contributed by atoms with E-state index in [2.05, 4.69) is 10.4 Å². The van der Waals surface area contributed by atoms with Gasteiger partial charge in [0.15, 0.2) is 11.6 Å². The van der Waals surface area contributed by atoms with Gasteiger partial charge in [0.2, 0.25) is 0 Å². The molecule has 18 heavy (non-hydrogen) atoms. The molecule has 1 fully saturated rings. The van der Waals surface area contributed by atoms with Gasteiger partial charge in [-0.05, 0) is 12.5 Å². The molecule has 0 saturated carbocycles. The van der Waals surface area contributed by atoms with Crippen molar-refractivity contribution in [1.82, 2.24) is 9.88 Å². The highest BCUT2D eigenvalue weighted by Gasteiger charge is 2.28. The number of nitrogens with one attached hydrogen (secondary N) is 1. The monoisotopic (exact) mass is 254 g/mol. The van der Waals surface area contributed by atoms with Crippen molar-refractivity contribution in [2.45, 2.75) is 12.5 Å². The fraction of sp³-hybridized carbons (Fsp3) is 0.455. The fourth-order valence-corrected chi connectivity index (χ4v) is 1.98. The van der Waals surface area contributed by atoms with Gasteiger partial charge in [-0.25, -0.2) is 15.2 Å². The van der Waals surface area contributed by atoms with Crippen molar-refractivity contribution in [3.05, 3.63) is 23.6 Å². The summed E-state index contributed by atoms with van der Waals surface area (Å²) < 4.78 is 19.0. The summed E-state index contributed by atoms with van der Waals surface area (Å²) in [6, 6.07) is 1.35. The summed E-state index contributed by atoms with van der Waals surface area (Å²) in [7, 11) is 1.60. The molecule has 6 nitrogen and oxygen atoms in total. The molecule has 0 radical (unpaired) electrons. The Kier molecular flexibility index (Phi) is 3.73. The molecule has 1 atom stereocenters. The first kappa shape index (κ1) is 12.7. The first-order valence-electron chi connectivity index (χ1n) is 5.60. The molecule has 2 heterocycles. The molecule has 1 amide bonds. The molecule has 1 saturated heterocycles. The zero-order chi connectivity index (χ0) is 13.1. The minimum Gasteiger partial charge on any atom is -0.380 e. The molecular weight excluding hydrogens is 239 g/mol. The van der Waals surface area contributed by atoms with Crippen LogP contribution in [0.5, 0.6) is 0 Å². The van der Waals surface area contributed by atoms with E-state index in [0.717, 1.165) is 6.42 Å². The molecule has 0 spiro atoms. The van der Waals surface area contributed by atoms with E-state index in [9.17, 15) is 9.18 Å². The Morgan fingerprint density at radius 2 is 2.50 bits per heavy atom. The average Bonchev–Trinajstić information content (AvgIpc) is 2.87. The van der Waals surface area contributed by atoms with Gasteiger partial charge in [-0.3, -0.25) is 4.79 Å². The van der Waals surface area contributed by atoms with E-state index in [1.807, 2.05) is 0 Å². The van der Waals surface area contributed by atoms with E-state index in [0.29, 0.717) is 13.1 Å². The number of carbonyl (C=O) groups is 1. The topological polar surface area (TPSA) is 80.5 Å². The number of hydrogen-bond acceptors (Lipinski definition) is 5. The Morgan fingerprint density at radius 3 is 3.11 bits per heavy atom. The van der Waals surface area contributed by atoms with Gasteiger partial charge in [0, 0.05) is 26.4 Å². The van der Waals surface area contributed by atoms with Crippen molar-refractivity contribution in [3.8, 4) is 0 Å². The number of anilines is 1. The number of hydrogen-bond donors (Lipinski definition) is 2. The zero-order valence-electron chi connectivity index (χ0n) is 10.0. The lowest BCUT2D eigenvalue weighted by Gasteiger charge is -2.17. The quantitative estimate of drug-likeness (QED) is 0.601. The number of likely N-dealkylation sites (tertiary alicyclic amines) is 1. The lowest BCUT2D eigenvalue weighted by molar-refractivity contribution is 0.0720. The number of hydrazine groups is 1. The lowest BCUT2D eigenvalue weighted by atomic mass is 10.2. The van der Waals surface area contributed by atoms with Crippen LogP contribution in [0.15, 0.2) is 12.3 Å². The van der Waals surface area contributed by atoms with Gasteiger partial charge in [0.05, 0.1) is 11.7 Å². The van der Waals surface area contributed by atoms with Crippen LogP contribution in [-0.2, 0) is 4.74 Å². The van der Waals surface area contributed by atoms with Crippen molar-refractivity contribution in [1.29, 1.82) is 0 Å². The Bertz CT molecular complexity index is 455. The van der Waals surface area contributed by atoms with E-state index in [1.54, 1.807) is 12.0 Å². The Hall–Kier alpha value is -1.73. The maximum absolute atomic E-state index is 13.9. The first-order chi connectivity index (χ1) is 8.67. The molecule has 1 aliphatic rings. The van der Waals surface area contributed by atoms with E-state index < -0.39 is 5.82 Å². The number of pyridine rings is 1. The van der Waals surface area contributed by atoms with Gasteiger partial charge in [0.25, 0.3) is 5.91 Å². The number of nitrogens with zero attached hydrogens (tertiary/aromatic N) is 2. The second-order valence-corrected chi connectivity index (χ2v) is 4.06. The number of nitrogen functional groups attached to an aromatic ring is 1. The maximum atomic E-state index is 13.9. The van der Waals surface area contributed by atoms with Crippen LogP contribution in [0.1, 0.15) is 16.8 Å². The standard InChI is InChI=1S/C11H15FN4O2/c1-18-7-3-5-16(6-7)11(17)8-2-4-14-10(15-13)9(8)12/h2,4,7H,3,5-6,13H2,1H3,(H,14,15). The van der Waals surface area contributed by atoms with Crippen LogP contribution in [-0.4, -0.2) is 42.1 Å². The van der Waals surface area contributed by atoms with Crippen LogP contribution in [0.25, 0.3) is 0 Å². The van der Waals surface area contributed by atoms with E-state index in [-0.39, 0.29) is 23.4 Å². The normalized spacial score (nSPS) is 19.1. The molecule has 7 heteroatoms. The summed E-state index contributed by atoms with van der Waals surface area (Å²) in [5.41, 5.74) is 2.09. The van der Waals surface area contributed by atoms with Crippen LogP contribution in [0.4, 0.5) is 10.2 Å². The molecule has 0 bridgehead atoms. The van der Waals surface area contributed by atoms with Gasteiger partial charge in [-0.2, -0.15) is 0 Å². The summed E-state index contributed by atoms with van der Waals surface area (Å²) in [5.74, 6) is 3.88. The Balaban J connectivity index is 2.19. The third-order valence-corrected chi connectivity index (χ3v) is 3.02. The molecule has 1 unspecified atom stereocenters. The molecule has 0 aromatic carbocycles. The number of carbonyl (C=O) groups excluding carboxylic acids is 1. The fourth-order valence-electron chi connectivity index (χ4n) is 1.98. The number of methoxy groups -OCH3 is 1. The minimum atomic E-state index is -0.731. The van der Waals surface area contributed by atoms with Crippen LogP contribution >= 0.6 is 0 Å². The van der Waals surface area contributed by atoms with Crippen molar-refractivity contribution < 1.29 is 13.9 Å². The van der Waals surface area contributed by atoms with Crippen LogP contribution < -0.4 is 11.3 Å². The largest absolute Gasteiger partial charge is 0.380 e. The third kappa shape index (κ3) is 2.27. The lowest BCUT2D eigenvalue weighted by Crippen LogP contribution is -2.31. The van der Waals surface area contributed by atoms with Crippen LogP contribution in [0.3, 0.4) is 0 Å². The van der Waals surface area contributed by atoms with E-state index in [1.165, 1.54) is 12.3 Å². The highest BCUT2D eigenvalue weighted by Crippen LogP contribution is 2.19. The molecule has 0 aliphatic carbocycles. The summed E-state index contributed by atoms with van der Waals surface area (Å²) in [4.78, 5) is 17.4. The highest BCUT2D eigenvalue weighted by molar-refractivity contribution is 5.95. The second-order valence-electron chi connectivity index (χ2n) is 4.06. The molecular formula is C11H15FN4O2. The molecule has 1 aliphatic heterocycles. The summed E-state index contributed by atoms with van der Waals surface area (Å²) in [6.45, 7) is 1.03. The van der Waals surface area contributed by atoms with Gasteiger partial charge in [-0.15, -0.1) is 0 Å². The molecule has 3 N–H and O–H groups in total. The number of ether oxygens (including phenoxy) is 1. The predicted molar refractivity (Wildman–Crippen MR) is 63.3 cm³/mol. The number of aromatic nitrogens is 1. The highest BCUT2D eigenvalue weighted by atomic mass is 19.1. The van der Waals surface area contributed by atoms with Crippen molar-refractivity contribution in [3.63, 3.8) is 0 Å². The van der Waals surface area contributed by atoms with Crippen LogP contribution in [0, 0.1) is 5.82 Å². The van der Waals surface area contributed by atoms with Gasteiger partial charge in [0.1, 0.15) is 0 Å². The van der Waals surface area contributed by atoms with Gasteiger partial charge >= 0.3 is 0 Å². The first-order valence-corrected chi connectivity index (χ1v) is 5.60. The van der Waals surface area contributed by atoms with Gasteiger partial charge in [-0.1, -0.05) is 0 Å². The number of halogens is 1. The number of nitrogens with two attached hydrogens (primary N) is 1. The molecule has 98 valence electrons. The number of amides is 1. The Morgan fingerprint density at radius 1 is 1.72 bits per heavy atom. The summed E-state index contributed by atoms with van der Waals surface area (Å²) >= 11 is 0. The third-order valence-electron chi connectivity index (χ3n) is 3.02. The van der Waals surface area contributed by atoms with E-state index in [4.69, 9.17) is 10.6 Å². The summed E-state index contributed by atoms with van der Waals surface area (Å²) in [5, 5.41) is 0. The molecule has 1 aromatic heterocycles. The van der Waals surface area contributed by atoms with Crippen molar-refractivity contribution >= 4 is 11.7 Å². The van der Waals surface area contributed by atoms with Crippen molar-refractivity contribution in [2.24, 2.45) is 5.84 Å². The maximum Gasteiger partial charge on any atom is 0.257 e. The Labute approximate surface area is 104 Å². The van der Waals surface area contributed by atoms with Crippen molar-refractivity contribution in [2.75, 3.05) is 25.6 Å². The minimum absolute atomic E-state index is 0.0194. The molecule has 2 rings (SSSR count). The average molecular weight is 254 g/mol.